The molecule has 0 spiro atoms. The molecular formula is C21H22F2O5. The molecule has 7 heteroatoms. The van der Waals surface area contributed by atoms with Crippen molar-refractivity contribution >= 4 is 11.8 Å². The molecule has 0 atom stereocenters. The van der Waals surface area contributed by atoms with E-state index >= 15 is 0 Å². The lowest BCUT2D eigenvalue weighted by molar-refractivity contribution is -0.0512. The van der Waals surface area contributed by atoms with Crippen molar-refractivity contribution in [1.82, 2.24) is 0 Å². The molecule has 28 heavy (non-hydrogen) atoms. The second-order valence-corrected chi connectivity index (χ2v) is 7.07. The zero-order chi connectivity index (χ0) is 20.9. The van der Waals surface area contributed by atoms with E-state index in [1.807, 2.05) is 12.1 Å². The molecule has 2 aromatic carbocycles. The number of rotatable bonds is 7. The molecule has 0 radical (unpaired) electrons. The molecule has 0 heterocycles. The standard InChI is InChI=1S/C21H22F2O5/c1-21(2,3)15-8-5-13(6-9-15)16(24)12-27-19(25)14-7-10-17(28-20(22)23)18(11-14)26-4/h5-11,20H,12H2,1-4H3. The molecule has 2 aromatic rings. The third-order valence-corrected chi connectivity index (χ3v) is 4.02. The molecule has 0 saturated heterocycles. The first-order valence-electron chi connectivity index (χ1n) is 8.55. The summed E-state index contributed by atoms with van der Waals surface area (Å²) < 4.78 is 39.0. The summed E-state index contributed by atoms with van der Waals surface area (Å²) in [7, 11) is 1.26. The molecule has 0 aromatic heterocycles. The number of hydrogen-bond donors (Lipinski definition) is 0. The highest BCUT2D eigenvalue weighted by Crippen LogP contribution is 2.29. The van der Waals surface area contributed by atoms with Crippen LogP contribution in [0.15, 0.2) is 42.5 Å². The van der Waals surface area contributed by atoms with Crippen molar-refractivity contribution in [3.8, 4) is 11.5 Å². The Hall–Kier alpha value is -2.96. The predicted octanol–water partition coefficient (Wildman–Crippen LogP) is 4.63. The lowest BCUT2D eigenvalue weighted by Crippen LogP contribution is -2.15. The van der Waals surface area contributed by atoms with Crippen LogP contribution in [0.2, 0.25) is 0 Å². The second-order valence-electron chi connectivity index (χ2n) is 7.07. The van der Waals surface area contributed by atoms with Gasteiger partial charge in [-0.25, -0.2) is 4.79 Å². The van der Waals surface area contributed by atoms with Gasteiger partial charge in [-0.2, -0.15) is 8.78 Å². The Balaban J connectivity index is 2.02. The van der Waals surface area contributed by atoms with Crippen molar-refractivity contribution in [3.05, 3.63) is 59.2 Å². The van der Waals surface area contributed by atoms with Crippen molar-refractivity contribution in [3.63, 3.8) is 0 Å². The molecule has 0 N–H and O–H groups in total. The van der Waals surface area contributed by atoms with Crippen LogP contribution in [0.3, 0.4) is 0 Å². The summed E-state index contributed by atoms with van der Waals surface area (Å²) >= 11 is 0. The van der Waals surface area contributed by atoms with Gasteiger partial charge in [-0.05, 0) is 29.2 Å². The quantitative estimate of drug-likeness (QED) is 0.508. The average molecular weight is 392 g/mol. The number of carbonyl (C=O) groups is 2. The smallest absolute Gasteiger partial charge is 0.387 e. The van der Waals surface area contributed by atoms with Crippen LogP contribution in [-0.4, -0.2) is 32.1 Å². The summed E-state index contributed by atoms with van der Waals surface area (Å²) in [5.41, 5.74) is 1.53. The minimum absolute atomic E-state index is 0.0344. The number of alkyl halides is 2. The number of carbonyl (C=O) groups excluding carboxylic acids is 2. The summed E-state index contributed by atoms with van der Waals surface area (Å²) in [6.45, 7) is 2.74. The first-order chi connectivity index (χ1) is 13.1. The van der Waals surface area contributed by atoms with Crippen LogP contribution < -0.4 is 9.47 Å². The molecular weight excluding hydrogens is 370 g/mol. The summed E-state index contributed by atoms with van der Waals surface area (Å²) in [6.07, 6.45) is 0. The number of ether oxygens (including phenoxy) is 3. The van der Waals surface area contributed by atoms with E-state index in [2.05, 4.69) is 25.5 Å². The fraction of sp³-hybridized carbons (Fsp3) is 0.333. The van der Waals surface area contributed by atoms with E-state index in [1.165, 1.54) is 25.3 Å². The number of Topliss-reactive ketones (excluding diaryl/α,β-unsaturated/α-hetero) is 1. The minimum atomic E-state index is -3.02. The molecule has 0 aliphatic carbocycles. The van der Waals surface area contributed by atoms with E-state index in [0.717, 1.165) is 5.56 Å². The van der Waals surface area contributed by atoms with E-state index in [9.17, 15) is 18.4 Å². The van der Waals surface area contributed by atoms with Gasteiger partial charge in [0, 0.05) is 5.56 Å². The van der Waals surface area contributed by atoms with Gasteiger partial charge in [0.1, 0.15) is 0 Å². The number of halogens is 2. The zero-order valence-corrected chi connectivity index (χ0v) is 16.1. The van der Waals surface area contributed by atoms with Gasteiger partial charge in [0.25, 0.3) is 0 Å². The van der Waals surface area contributed by atoms with Crippen LogP contribution >= 0.6 is 0 Å². The highest BCUT2D eigenvalue weighted by molar-refractivity contribution is 5.99. The third-order valence-electron chi connectivity index (χ3n) is 4.02. The maximum absolute atomic E-state index is 12.4. The van der Waals surface area contributed by atoms with Gasteiger partial charge < -0.3 is 14.2 Å². The SMILES string of the molecule is COc1cc(C(=O)OCC(=O)c2ccc(C(C)(C)C)cc2)ccc1OC(F)F. The van der Waals surface area contributed by atoms with Crippen LogP contribution in [-0.2, 0) is 10.2 Å². The van der Waals surface area contributed by atoms with Crippen molar-refractivity contribution in [2.45, 2.75) is 32.8 Å². The zero-order valence-electron chi connectivity index (χ0n) is 16.1. The summed E-state index contributed by atoms with van der Waals surface area (Å²) in [4.78, 5) is 24.4. The van der Waals surface area contributed by atoms with Crippen LogP contribution in [0, 0.1) is 0 Å². The number of methoxy groups -OCH3 is 1. The first-order valence-corrected chi connectivity index (χ1v) is 8.55. The summed E-state index contributed by atoms with van der Waals surface area (Å²) in [6, 6.07) is 10.7. The van der Waals surface area contributed by atoms with Gasteiger partial charge in [-0.3, -0.25) is 4.79 Å². The van der Waals surface area contributed by atoms with E-state index < -0.39 is 19.2 Å². The normalized spacial score (nSPS) is 11.2. The highest BCUT2D eigenvalue weighted by atomic mass is 19.3. The largest absolute Gasteiger partial charge is 0.493 e. The number of ketones is 1. The Morgan fingerprint density at radius 1 is 0.964 bits per heavy atom. The molecule has 0 saturated carbocycles. The molecule has 150 valence electrons. The van der Waals surface area contributed by atoms with Gasteiger partial charge in [-0.15, -0.1) is 0 Å². The third kappa shape index (κ3) is 5.52. The lowest BCUT2D eigenvalue weighted by atomic mass is 9.86. The summed E-state index contributed by atoms with van der Waals surface area (Å²) in [5.74, 6) is -1.37. The number of esters is 1. The molecule has 0 unspecified atom stereocenters. The van der Waals surface area contributed by atoms with Gasteiger partial charge in [0.2, 0.25) is 0 Å². The number of hydrogen-bond acceptors (Lipinski definition) is 5. The van der Waals surface area contributed by atoms with Gasteiger partial charge in [0.05, 0.1) is 12.7 Å². The molecule has 2 rings (SSSR count). The van der Waals surface area contributed by atoms with Crippen molar-refractivity contribution in [2.24, 2.45) is 0 Å². The molecule has 0 aliphatic heterocycles. The Bertz CT molecular complexity index is 839. The van der Waals surface area contributed by atoms with Crippen molar-refractivity contribution in [2.75, 3.05) is 13.7 Å². The predicted molar refractivity (Wildman–Crippen MR) is 99.4 cm³/mol. The van der Waals surface area contributed by atoms with E-state index in [1.54, 1.807) is 12.1 Å². The van der Waals surface area contributed by atoms with E-state index in [-0.39, 0.29) is 28.3 Å². The maximum Gasteiger partial charge on any atom is 0.387 e. The fourth-order valence-electron chi connectivity index (χ4n) is 2.44. The average Bonchev–Trinajstić information content (AvgIpc) is 2.65. The Morgan fingerprint density at radius 3 is 2.11 bits per heavy atom. The highest BCUT2D eigenvalue weighted by Gasteiger charge is 2.18. The maximum atomic E-state index is 12.4. The Kier molecular flexibility index (Phi) is 6.72. The molecule has 5 nitrogen and oxygen atoms in total. The topological polar surface area (TPSA) is 61.8 Å². The van der Waals surface area contributed by atoms with Gasteiger partial charge >= 0.3 is 12.6 Å². The van der Waals surface area contributed by atoms with E-state index in [4.69, 9.17) is 9.47 Å². The van der Waals surface area contributed by atoms with E-state index in [0.29, 0.717) is 5.56 Å². The number of benzene rings is 2. The molecule has 0 aliphatic rings. The summed E-state index contributed by atoms with van der Waals surface area (Å²) in [5, 5.41) is 0. The van der Waals surface area contributed by atoms with Crippen LogP contribution in [0.5, 0.6) is 11.5 Å². The Morgan fingerprint density at radius 2 is 1.57 bits per heavy atom. The van der Waals surface area contributed by atoms with Crippen LogP contribution in [0.1, 0.15) is 47.1 Å². The lowest BCUT2D eigenvalue weighted by Gasteiger charge is -2.18. The fourth-order valence-corrected chi connectivity index (χ4v) is 2.44. The van der Waals surface area contributed by atoms with Crippen LogP contribution in [0.4, 0.5) is 8.78 Å². The van der Waals surface area contributed by atoms with Crippen molar-refractivity contribution in [1.29, 1.82) is 0 Å². The molecule has 0 bridgehead atoms. The Labute approximate surface area is 162 Å². The monoisotopic (exact) mass is 392 g/mol. The molecule has 0 fully saturated rings. The van der Waals surface area contributed by atoms with Gasteiger partial charge in [0.15, 0.2) is 23.9 Å². The van der Waals surface area contributed by atoms with Crippen LogP contribution in [0.25, 0.3) is 0 Å². The minimum Gasteiger partial charge on any atom is -0.493 e. The molecule has 0 amide bonds. The van der Waals surface area contributed by atoms with Crippen molar-refractivity contribution < 1.29 is 32.6 Å². The second kappa shape index (κ2) is 8.82. The van der Waals surface area contributed by atoms with Gasteiger partial charge in [-0.1, -0.05) is 45.0 Å². The first kappa shape index (κ1) is 21.3.